The third-order valence-electron chi connectivity index (χ3n) is 5.02. The molecule has 3 saturated carbocycles. The molecule has 1 amide bonds. The van der Waals surface area contributed by atoms with Crippen LogP contribution in [0.4, 0.5) is 0 Å². The molecule has 4 heteroatoms. The zero-order valence-corrected chi connectivity index (χ0v) is 10.00. The lowest BCUT2D eigenvalue weighted by Gasteiger charge is -2.25. The molecule has 0 unspecified atom stereocenters. The zero-order chi connectivity index (χ0) is 12.1. The summed E-state index contributed by atoms with van der Waals surface area (Å²) in [6.45, 7) is 0.792. The number of carboxylic acids is 1. The van der Waals surface area contributed by atoms with Crippen LogP contribution in [0, 0.1) is 16.7 Å². The number of amides is 1. The largest absolute Gasteiger partial charge is 0.481 e. The van der Waals surface area contributed by atoms with E-state index in [-0.39, 0.29) is 11.3 Å². The van der Waals surface area contributed by atoms with Gasteiger partial charge in [-0.1, -0.05) is 0 Å². The summed E-state index contributed by atoms with van der Waals surface area (Å²) < 4.78 is 0. The summed E-state index contributed by atoms with van der Waals surface area (Å²) in [4.78, 5) is 23.5. The third kappa shape index (κ3) is 1.65. The van der Waals surface area contributed by atoms with E-state index in [9.17, 15) is 14.7 Å². The van der Waals surface area contributed by atoms with E-state index in [1.165, 1.54) is 12.8 Å². The lowest BCUT2D eigenvalue weighted by molar-refractivity contribution is -0.148. The minimum absolute atomic E-state index is 0.116. The summed E-state index contributed by atoms with van der Waals surface area (Å²) in [5.74, 6) is 0.0966. The molecule has 0 aromatic heterocycles. The molecule has 17 heavy (non-hydrogen) atoms. The van der Waals surface area contributed by atoms with Gasteiger partial charge in [0.15, 0.2) is 0 Å². The van der Waals surface area contributed by atoms with Gasteiger partial charge in [-0.05, 0) is 50.9 Å². The van der Waals surface area contributed by atoms with Gasteiger partial charge in [0, 0.05) is 6.54 Å². The SMILES string of the molecule is O=C(O)C12CCC(C(=O)NCC3CC3)(CC1)C2. The van der Waals surface area contributed by atoms with Crippen molar-refractivity contribution in [1.29, 1.82) is 0 Å². The number of carboxylic acid groups (broad SMARTS) is 1. The van der Waals surface area contributed by atoms with Gasteiger partial charge in [-0.25, -0.2) is 0 Å². The topological polar surface area (TPSA) is 66.4 Å². The standard InChI is InChI=1S/C13H19NO3/c15-10(14-7-9-1-2-9)12-3-5-13(8-12,6-4-12)11(16)17/h9H,1-8H2,(H,14,15)(H,16,17). The van der Waals surface area contributed by atoms with Gasteiger partial charge in [0.2, 0.25) is 5.91 Å². The van der Waals surface area contributed by atoms with Crippen LogP contribution in [0.5, 0.6) is 0 Å². The van der Waals surface area contributed by atoms with E-state index in [0.29, 0.717) is 25.2 Å². The van der Waals surface area contributed by atoms with Crippen molar-refractivity contribution in [2.45, 2.75) is 44.9 Å². The van der Waals surface area contributed by atoms with Gasteiger partial charge in [0.05, 0.1) is 10.8 Å². The molecule has 0 aromatic carbocycles. The highest BCUT2D eigenvalue weighted by Crippen LogP contribution is 2.61. The second-order valence-electron chi connectivity index (χ2n) is 6.20. The number of carbonyl (C=O) groups excluding carboxylic acids is 1. The lowest BCUT2D eigenvalue weighted by atomic mass is 9.81. The number of hydrogen-bond acceptors (Lipinski definition) is 2. The molecule has 0 heterocycles. The average molecular weight is 237 g/mol. The predicted molar refractivity (Wildman–Crippen MR) is 61.3 cm³/mol. The van der Waals surface area contributed by atoms with Crippen LogP contribution in [0.15, 0.2) is 0 Å². The van der Waals surface area contributed by atoms with Crippen molar-refractivity contribution < 1.29 is 14.7 Å². The van der Waals surface area contributed by atoms with Gasteiger partial charge in [0.1, 0.15) is 0 Å². The van der Waals surface area contributed by atoms with Crippen molar-refractivity contribution in [1.82, 2.24) is 5.32 Å². The summed E-state index contributed by atoms with van der Waals surface area (Å²) in [5.41, 5.74) is -0.940. The fourth-order valence-electron chi connectivity index (χ4n) is 3.55. The maximum absolute atomic E-state index is 12.2. The number of fused-ring (bicyclic) bond motifs is 2. The molecule has 0 aliphatic heterocycles. The number of carbonyl (C=O) groups is 2. The Labute approximate surface area is 101 Å². The Hall–Kier alpha value is -1.06. The summed E-state index contributed by atoms with van der Waals surface area (Å²) in [6, 6.07) is 0. The first-order chi connectivity index (χ1) is 8.06. The van der Waals surface area contributed by atoms with E-state index in [1.54, 1.807) is 0 Å². The van der Waals surface area contributed by atoms with Crippen LogP contribution < -0.4 is 5.32 Å². The highest BCUT2D eigenvalue weighted by atomic mass is 16.4. The number of rotatable bonds is 4. The first-order valence-corrected chi connectivity index (χ1v) is 6.58. The number of hydrogen-bond donors (Lipinski definition) is 2. The van der Waals surface area contributed by atoms with Crippen molar-refractivity contribution in [2.24, 2.45) is 16.7 Å². The molecule has 3 aliphatic rings. The van der Waals surface area contributed by atoms with Gasteiger partial charge in [0.25, 0.3) is 0 Å². The van der Waals surface area contributed by atoms with Crippen LogP contribution >= 0.6 is 0 Å². The smallest absolute Gasteiger partial charge is 0.309 e. The molecule has 3 rings (SSSR count). The summed E-state index contributed by atoms with van der Waals surface area (Å²) >= 11 is 0. The molecular weight excluding hydrogens is 218 g/mol. The molecule has 0 spiro atoms. The molecule has 4 nitrogen and oxygen atoms in total. The highest BCUT2D eigenvalue weighted by Gasteiger charge is 2.61. The maximum Gasteiger partial charge on any atom is 0.309 e. The van der Waals surface area contributed by atoms with E-state index in [1.807, 2.05) is 0 Å². The molecule has 2 bridgehead atoms. The summed E-state index contributed by atoms with van der Waals surface area (Å²) in [5, 5.41) is 12.3. The summed E-state index contributed by atoms with van der Waals surface area (Å²) in [7, 11) is 0. The molecule has 0 aromatic rings. The molecule has 0 saturated heterocycles. The zero-order valence-electron chi connectivity index (χ0n) is 10.00. The van der Waals surface area contributed by atoms with E-state index >= 15 is 0 Å². The van der Waals surface area contributed by atoms with Crippen LogP contribution in [0.3, 0.4) is 0 Å². The second kappa shape index (κ2) is 3.47. The third-order valence-corrected chi connectivity index (χ3v) is 5.02. The van der Waals surface area contributed by atoms with Crippen molar-refractivity contribution in [3.05, 3.63) is 0 Å². The Balaban J connectivity index is 1.67. The number of aliphatic carboxylic acids is 1. The van der Waals surface area contributed by atoms with E-state index in [4.69, 9.17) is 0 Å². The summed E-state index contributed by atoms with van der Waals surface area (Å²) in [6.07, 6.45) is 5.90. The van der Waals surface area contributed by atoms with Gasteiger partial charge in [-0.15, -0.1) is 0 Å². The monoisotopic (exact) mass is 237 g/mol. The van der Waals surface area contributed by atoms with Crippen molar-refractivity contribution >= 4 is 11.9 Å². The molecule has 3 aliphatic carbocycles. The Bertz CT molecular complexity index is 365. The first-order valence-electron chi connectivity index (χ1n) is 6.58. The van der Waals surface area contributed by atoms with E-state index in [0.717, 1.165) is 19.4 Å². The van der Waals surface area contributed by atoms with Gasteiger partial charge < -0.3 is 10.4 Å². The first kappa shape index (κ1) is 11.1. The Kier molecular flexibility index (Phi) is 2.25. The minimum Gasteiger partial charge on any atom is -0.481 e. The molecule has 3 fully saturated rings. The predicted octanol–water partition coefficient (Wildman–Crippen LogP) is 1.55. The van der Waals surface area contributed by atoms with E-state index < -0.39 is 11.4 Å². The number of nitrogens with one attached hydrogen (secondary N) is 1. The quantitative estimate of drug-likeness (QED) is 0.779. The molecule has 94 valence electrons. The van der Waals surface area contributed by atoms with Crippen LogP contribution in [0.25, 0.3) is 0 Å². The van der Waals surface area contributed by atoms with Gasteiger partial charge in [-0.2, -0.15) is 0 Å². The van der Waals surface area contributed by atoms with Gasteiger partial charge >= 0.3 is 5.97 Å². The fraction of sp³-hybridized carbons (Fsp3) is 0.846. The molecule has 0 radical (unpaired) electrons. The van der Waals surface area contributed by atoms with Crippen molar-refractivity contribution in [3.8, 4) is 0 Å². The fourth-order valence-corrected chi connectivity index (χ4v) is 3.55. The molecule has 0 atom stereocenters. The average Bonchev–Trinajstić information content (AvgIpc) is 2.95. The van der Waals surface area contributed by atoms with E-state index in [2.05, 4.69) is 5.32 Å². The van der Waals surface area contributed by atoms with Crippen molar-refractivity contribution in [3.63, 3.8) is 0 Å². The van der Waals surface area contributed by atoms with Crippen molar-refractivity contribution in [2.75, 3.05) is 6.54 Å². The molecule has 2 N–H and O–H groups in total. The maximum atomic E-state index is 12.2. The van der Waals surface area contributed by atoms with Crippen LogP contribution in [-0.2, 0) is 9.59 Å². The normalized spacial score (nSPS) is 39.3. The lowest BCUT2D eigenvalue weighted by Crippen LogP contribution is -2.39. The van der Waals surface area contributed by atoms with Crippen LogP contribution in [-0.4, -0.2) is 23.5 Å². The highest BCUT2D eigenvalue weighted by molar-refractivity contribution is 5.87. The van der Waals surface area contributed by atoms with Crippen LogP contribution in [0.1, 0.15) is 44.9 Å². The Morgan fingerprint density at radius 1 is 1.12 bits per heavy atom. The van der Waals surface area contributed by atoms with Crippen LogP contribution in [0.2, 0.25) is 0 Å². The Morgan fingerprint density at radius 3 is 2.18 bits per heavy atom. The molecular formula is C13H19NO3. The minimum atomic E-state index is -0.702. The second-order valence-corrected chi connectivity index (χ2v) is 6.20. The Morgan fingerprint density at radius 2 is 1.71 bits per heavy atom. The van der Waals surface area contributed by atoms with Gasteiger partial charge in [-0.3, -0.25) is 9.59 Å².